The first-order valence-electron chi connectivity index (χ1n) is 12.7. The van der Waals surface area contributed by atoms with E-state index in [2.05, 4.69) is 44.1 Å². The summed E-state index contributed by atoms with van der Waals surface area (Å²) >= 11 is 6.35. The van der Waals surface area contributed by atoms with E-state index >= 15 is 0 Å². The molecule has 2 saturated heterocycles. The van der Waals surface area contributed by atoms with Crippen molar-refractivity contribution in [2.24, 2.45) is 5.41 Å². The molecule has 5 atom stereocenters. The molecule has 0 saturated carbocycles. The van der Waals surface area contributed by atoms with Gasteiger partial charge in [0.25, 0.3) is 0 Å². The number of aliphatic hydroxyl groups is 2. The Hall–Kier alpha value is -1.56. The first-order valence-corrected chi connectivity index (χ1v) is 15.9. The Morgan fingerprint density at radius 1 is 1.05 bits per heavy atom. The van der Waals surface area contributed by atoms with Crippen LogP contribution < -0.4 is 4.90 Å². The van der Waals surface area contributed by atoms with Crippen LogP contribution in [0, 0.1) is 5.41 Å². The van der Waals surface area contributed by atoms with Crippen molar-refractivity contribution in [2.75, 3.05) is 30.5 Å². The normalized spacial score (nSPS) is 27.1. The zero-order valence-electron chi connectivity index (χ0n) is 20.9. The van der Waals surface area contributed by atoms with Gasteiger partial charge in [0.15, 0.2) is 40.0 Å². The van der Waals surface area contributed by atoms with Gasteiger partial charge in [-0.15, -0.1) is 0 Å². The predicted molar refractivity (Wildman–Crippen MR) is 145 cm³/mol. The monoisotopic (exact) mass is 597 g/mol. The molecule has 6 rings (SSSR count). The fourth-order valence-corrected chi connectivity index (χ4v) is 7.68. The van der Waals surface area contributed by atoms with Gasteiger partial charge in [-0.2, -0.15) is 9.97 Å². The molecule has 5 unspecified atom stereocenters. The van der Waals surface area contributed by atoms with E-state index in [9.17, 15) is 15.1 Å². The van der Waals surface area contributed by atoms with Crippen molar-refractivity contribution < 1.29 is 34.2 Å². The molecule has 2 aromatic heterocycles. The number of imidazole rings is 1. The highest BCUT2D eigenvalue weighted by atomic mass is 35.5. The van der Waals surface area contributed by atoms with Crippen LogP contribution in [0.1, 0.15) is 30.2 Å². The molecule has 15 heteroatoms. The van der Waals surface area contributed by atoms with Gasteiger partial charge in [-0.05, 0) is 53.8 Å². The van der Waals surface area contributed by atoms with Crippen molar-refractivity contribution in [1.82, 2.24) is 19.5 Å². The van der Waals surface area contributed by atoms with Crippen molar-refractivity contribution in [3.05, 3.63) is 47.0 Å². The Bertz CT molecular complexity index is 1310. The first-order chi connectivity index (χ1) is 18.7. The summed E-state index contributed by atoms with van der Waals surface area (Å²) in [5.41, 5.74) is 4.04. The van der Waals surface area contributed by atoms with Gasteiger partial charge in [0.1, 0.15) is 18.3 Å². The molecule has 39 heavy (non-hydrogen) atoms. The maximum Gasteiger partial charge on any atom is 0.226 e. The second kappa shape index (κ2) is 11.0. The molecular formula is C24H30ClN5O7P2. The summed E-state index contributed by atoms with van der Waals surface area (Å²) in [5, 5.41) is 21.3. The molecule has 1 aromatic carbocycles. The second-order valence-electron chi connectivity index (χ2n) is 10.5. The van der Waals surface area contributed by atoms with Gasteiger partial charge in [-0.3, -0.25) is 4.57 Å². The van der Waals surface area contributed by atoms with Crippen LogP contribution in [0.5, 0.6) is 0 Å². The predicted octanol–water partition coefficient (Wildman–Crippen LogP) is 2.06. The number of piperidine rings is 1. The lowest BCUT2D eigenvalue weighted by molar-refractivity contribution is -0.0471. The fraction of sp³-hybridized carbons (Fsp3) is 0.542. The highest BCUT2D eigenvalue weighted by Gasteiger charge is 2.45. The summed E-state index contributed by atoms with van der Waals surface area (Å²) in [6.07, 6.45) is 1.06. The van der Waals surface area contributed by atoms with Crippen molar-refractivity contribution in [2.45, 2.75) is 50.2 Å². The number of aliphatic hydroxyl groups excluding tert-OH is 2. The first kappa shape index (κ1) is 27.6. The highest BCUT2D eigenvalue weighted by Crippen LogP contribution is 2.46. The number of hydrogen-bond acceptors (Lipinski definition) is 11. The van der Waals surface area contributed by atoms with Crippen LogP contribution >= 0.6 is 28.4 Å². The number of hydrogen-bond donors (Lipinski definition) is 5. The van der Waals surface area contributed by atoms with Gasteiger partial charge >= 0.3 is 0 Å². The zero-order chi connectivity index (χ0) is 27.3. The number of rotatable bonds is 7. The third-order valence-corrected chi connectivity index (χ3v) is 10.6. The Balaban J connectivity index is 1.18. The van der Waals surface area contributed by atoms with E-state index in [1.165, 1.54) is 22.0 Å². The van der Waals surface area contributed by atoms with Crippen molar-refractivity contribution in [1.29, 1.82) is 0 Å². The molecule has 2 aliphatic heterocycles. The maximum absolute atomic E-state index is 10.7. The summed E-state index contributed by atoms with van der Waals surface area (Å²) in [4.78, 5) is 43.5. The lowest BCUT2D eigenvalue weighted by Crippen LogP contribution is -2.41. The highest BCUT2D eigenvalue weighted by molar-refractivity contribution is 7.63. The number of benzene rings is 1. The Morgan fingerprint density at radius 2 is 1.74 bits per heavy atom. The minimum atomic E-state index is -2.31. The quantitative estimate of drug-likeness (QED) is 0.200. The van der Waals surface area contributed by atoms with Crippen LogP contribution in [0.3, 0.4) is 0 Å². The van der Waals surface area contributed by atoms with E-state index < -0.39 is 41.3 Å². The molecule has 0 radical (unpaired) electrons. The van der Waals surface area contributed by atoms with Crippen LogP contribution in [0.15, 0.2) is 30.6 Å². The van der Waals surface area contributed by atoms with Crippen LogP contribution in [-0.4, -0.2) is 88.3 Å². The van der Waals surface area contributed by atoms with Gasteiger partial charge in [0, 0.05) is 13.1 Å². The van der Waals surface area contributed by atoms with Gasteiger partial charge in [0.2, 0.25) is 5.28 Å². The molecule has 2 fully saturated rings. The summed E-state index contributed by atoms with van der Waals surface area (Å²) in [5.74, 6) is 0.325. The molecule has 210 valence electrons. The molecule has 0 bridgehead atoms. The summed E-state index contributed by atoms with van der Waals surface area (Å²) in [6.45, 7) is 1.36. The number of aromatic nitrogens is 4. The number of anilines is 1. The minimum absolute atomic E-state index is 0.0381. The standard InChI is InChI=1S/C24H30ClN5O7P2/c25-23-27-20(29-7-5-24(6-8-29)9-14-3-1-2-4-15(14)10-24)17-21(28-23)30(12-26-17)22-19(32)18(31)16(37-22)11-36-39(35)13-38(33)34/h1-4,12,16,18-19,22,31-35H,5-11,13H2. The van der Waals surface area contributed by atoms with Crippen LogP contribution in [0.4, 0.5) is 5.82 Å². The topological polar surface area (TPSA) is 166 Å². The molecule has 12 nitrogen and oxygen atoms in total. The number of fused-ring (bicyclic) bond motifs is 2. The maximum atomic E-state index is 10.7. The molecule has 4 heterocycles. The summed E-state index contributed by atoms with van der Waals surface area (Å²) in [7, 11) is -4.41. The van der Waals surface area contributed by atoms with E-state index in [0.29, 0.717) is 17.0 Å². The number of nitrogens with zero attached hydrogens (tertiary/aromatic N) is 5. The third-order valence-electron chi connectivity index (χ3n) is 8.00. The van der Waals surface area contributed by atoms with Gasteiger partial charge in [-0.25, -0.2) is 4.98 Å². The lowest BCUT2D eigenvalue weighted by Gasteiger charge is -2.40. The molecule has 5 N–H and O–H groups in total. The summed E-state index contributed by atoms with van der Waals surface area (Å²) < 4.78 is 12.6. The van der Waals surface area contributed by atoms with E-state index in [0.717, 1.165) is 38.8 Å². The van der Waals surface area contributed by atoms with E-state index in [1.807, 2.05) is 0 Å². The fourth-order valence-electron chi connectivity index (χ4n) is 6.01. The Kier molecular flexibility index (Phi) is 7.80. The SMILES string of the molecule is OC1C(COP(O)CP(O)O)OC(n2cnc3c(N4CCC5(CC4)Cc4ccccc4C5)nc(Cl)nc32)C1O. The Morgan fingerprint density at radius 3 is 2.41 bits per heavy atom. The van der Waals surface area contributed by atoms with Gasteiger partial charge < -0.3 is 39.1 Å². The van der Waals surface area contributed by atoms with Crippen molar-refractivity contribution in [3.63, 3.8) is 0 Å². The van der Waals surface area contributed by atoms with Crippen LogP contribution in [0.2, 0.25) is 5.28 Å². The minimum Gasteiger partial charge on any atom is -0.387 e. The molecular weight excluding hydrogens is 568 g/mol. The summed E-state index contributed by atoms with van der Waals surface area (Å²) in [6, 6.07) is 8.67. The molecule has 3 aliphatic rings. The lowest BCUT2D eigenvalue weighted by atomic mass is 9.76. The van der Waals surface area contributed by atoms with Crippen LogP contribution in [-0.2, 0) is 22.1 Å². The second-order valence-corrected chi connectivity index (χ2v) is 13.6. The zero-order valence-corrected chi connectivity index (χ0v) is 23.5. The molecule has 1 aliphatic carbocycles. The number of ether oxygens (including phenoxy) is 1. The molecule has 1 spiro atoms. The number of halogens is 1. The third kappa shape index (κ3) is 5.40. The van der Waals surface area contributed by atoms with Gasteiger partial charge in [0.05, 0.1) is 18.8 Å². The van der Waals surface area contributed by atoms with Crippen LogP contribution in [0.25, 0.3) is 11.2 Å². The van der Waals surface area contributed by atoms with E-state index in [4.69, 9.17) is 30.6 Å². The van der Waals surface area contributed by atoms with Crippen molar-refractivity contribution >= 4 is 45.3 Å². The molecule has 0 amide bonds. The smallest absolute Gasteiger partial charge is 0.226 e. The van der Waals surface area contributed by atoms with E-state index in [1.54, 1.807) is 0 Å². The largest absolute Gasteiger partial charge is 0.387 e. The average Bonchev–Trinajstić information content (AvgIpc) is 3.56. The molecule has 3 aromatic rings. The Labute approximate surface area is 232 Å². The van der Waals surface area contributed by atoms with Gasteiger partial charge in [-0.1, -0.05) is 24.3 Å². The van der Waals surface area contributed by atoms with Crippen molar-refractivity contribution in [3.8, 4) is 0 Å². The van der Waals surface area contributed by atoms with E-state index in [-0.39, 0.29) is 23.2 Å². The average molecular weight is 598 g/mol.